The smallest absolute Gasteiger partial charge is 0.226 e. The lowest BCUT2D eigenvalue weighted by Gasteiger charge is -1.92. The summed E-state index contributed by atoms with van der Waals surface area (Å²) in [6.45, 7) is 0. The first-order chi connectivity index (χ1) is 6.90. The lowest BCUT2D eigenvalue weighted by atomic mass is 10.3. The maximum Gasteiger partial charge on any atom is 0.226 e. The van der Waals surface area contributed by atoms with Crippen molar-refractivity contribution >= 4 is 6.29 Å². The molecular weight excluding hydrogens is 180 g/mol. The van der Waals surface area contributed by atoms with E-state index in [-0.39, 0.29) is 6.42 Å². The van der Waals surface area contributed by atoms with Gasteiger partial charge in [-0.3, -0.25) is 4.98 Å². The highest BCUT2D eigenvalue weighted by atomic mass is 16.4. The molecule has 0 aliphatic carbocycles. The zero-order valence-corrected chi connectivity index (χ0v) is 7.38. The molecule has 4 nitrogen and oxygen atoms in total. The largest absolute Gasteiger partial charge is 0.441 e. The second kappa shape index (κ2) is 3.83. The summed E-state index contributed by atoms with van der Waals surface area (Å²) in [5.41, 5.74) is 0.858. The average Bonchev–Trinajstić information content (AvgIpc) is 2.68. The van der Waals surface area contributed by atoms with Crippen molar-refractivity contribution in [3.8, 4) is 11.5 Å². The fourth-order valence-electron chi connectivity index (χ4n) is 1.11. The third kappa shape index (κ3) is 1.69. The topological polar surface area (TPSA) is 56.0 Å². The lowest BCUT2D eigenvalue weighted by Crippen LogP contribution is -1.79. The van der Waals surface area contributed by atoms with E-state index in [0.717, 1.165) is 11.8 Å². The molecular formula is C10H8N2O2. The van der Waals surface area contributed by atoms with Crippen LogP contribution in [0.5, 0.6) is 0 Å². The van der Waals surface area contributed by atoms with E-state index in [1.165, 1.54) is 0 Å². The van der Waals surface area contributed by atoms with Crippen molar-refractivity contribution in [1.82, 2.24) is 9.97 Å². The van der Waals surface area contributed by atoms with Crippen LogP contribution < -0.4 is 0 Å². The number of pyridine rings is 1. The highest BCUT2D eigenvalue weighted by Gasteiger charge is 2.04. The second-order valence-electron chi connectivity index (χ2n) is 2.74. The number of oxazole rings is 1. The van der Waals surface area contributed by atoms with E-state index >= 15 is 0 Å². The first kappa shape index (κ1) is 8.62. The number of rotatable bonds is 3. The molecule has 0 saturated carbocycles. The number of aromatic nitrogens is 2. The van der Waals surface area contributed by atoms with Crippen LogP contribution in [0.1, 0.15) is 5.76 Å². The van der Waals surface area contributed by atoms with Crippen LogP contribution in [0.4, 0.5) is 0 Å². The van der Waals surface area contributed by atoms with Gasteiger partial charge in [0.1, 0.15) is 12.0 Å². The Morgan fingerprint density at radius 2 is 2.14 bits per heavy atom. The van der Waals surface area contributed by atoms with Gasteiger partial charge in [-0.2, -0.15) is 0 Å². The fraction of sp³-hybridized carbons (Fsp3) is 0.100. The molecule has 0 atom stereocenters. The van der Waals surface area contributed by atoms with Crippen LogP contribution in [0.2, 0.25) is 0 Å². The van der Waals surface area contributed by atoms with Crippen LogP contribution in [0.15, 0.2) is 35.1 Å². The van der Waals surface area contributed by atoms with Crippen LogP contribution in [0.25, 0.3) is 11.5 Å². The van der Waals surface area contributed by atoms with Gasteiger partial charge in [-0.05, 0) is 12.1 Å². The molecule has 0 unspecified atom stereocenters. The molecule has 0 aromatic carbocycles. The van der Waals surface area contributed by atoms with Gasteiger partial charge in [0.05, 0.1) is 12.6 Å². The van der Waals surface area contributed by atoms with Gasteiger partial charge < -0.3 is 9.21 Å². The van der Waals surface area contributed by atoms with Crippen LogP contribution in [0, 0.1) is 0 Å². The Kier molecular flexibility index (Phi) is 2.36. The molecule has 0 amide bonds. The van der Waals surface area contributed by atoms with Crippen molar-refractivity contribution in [3.63, 3.8) is 0 Å². The predicted octanol–water partition coefficient (Wildman–Crippen LogP) is 1.48. The summed E-state index contributed by atoms with van der Waals surface area (Å²) >= 11 is 0. The molecule has 0 radical (unpaired) electrons. The number of carbonyl (C=O) groups is 1. The molecule has 0 fully saturated rings. The molecule has 0 bridgehead atoms. The highest BCUT2D eigenvalue weighted by molar-refractivity contribution is 5.55. The van der Waals surface area contributed by atoms with Gasteiger partial charge in [0.25, 0.3) is 0 Å². The standard InChI is InChI=1S/C10H8N2O2/c13-6-3-9-7-12-10(14-9)8-1-4-11-5-2-8/h1-2,4-7H,3H2. The zero-order chi connectivity index (χ0) is 9.80. The Morgan fingerprint density at radius 1 is 1.36 bits per heavy atom. The Morgan fingerprint density at radius 3 is 2.86 bits per heavy atom. The number of hydrogen-bond acceptors (Lipinski definition) is 4. The van der Waals surface area contributed by atoms with Crippen molar-refractivity contribution in [2.45, 2.75) is 6.42 Å². The SMILES string of the molecule is O=CCc1cnc(-c2ccncc2)o1. The summed E-state index contributed by atoms with van der Waals surface area (Å²) in [7, 11) is 0. The first-order valence-corrected chi connectivity index (χ1v) is 4.19. The molecule has 2 rings (SSSR count). The van der Waals surface area contributed by atoms with Crippen LogP contribution >= 0.6 is 0 Å². The van der Waals surface area contributed by atoms with Crippen LogP contribution in [0.3, 0.4) is 0 Å². The average molecular weight is 188 g/mol. The summed E-state index contributed by atoms with van der Waals surface area (Å²) in [5, 5.41) is 0. The summed E-state index contributed by atoms with van der Waals surface area (Å²) in [6, 6.07) is 3.60. The molecule has 0 spiro atoms. The molecule has 0 aliphatic rings. The maximum atomic E-state index is 10.2. The summed E-state index contributed by atoms with van der Waals surface area (Å²) in [5.74, 6) is 1.09. The summed E-state index contributed by atoms with van der Waals surface area (Å²) in [4.78, 5) is 18.2. The van der Waals surface area contributed by atoms with Gasteiger partial charge in [-0.25, -0.2) is 4.98 Å². The molecule has 0 N–H and O–H groups in total. The van der Waals surface area contributed by atoms with E-state index < -0.39 is 0 Å². The maximum absolute atomic E-state index is 10.2. The molecule has 0 aliphatic heterocycles. The van der Waals surface area contributed by atoms with Gasteiger partial charge in [-0.15, -0.1) is 0 Å². The fourth-order valence-corrected chi connectivity index (χ4v) is 1.11. The Labute approximate surface area is 80.6 Å². The molecule has 2 aromatic heterocycles. The number of carbonyl (C=O) groups excluding carboxylic acids is 1. The quantitative estimate of drug-likeness (QED) is 0.684. The molecule has 14 heavy (non-hydrogen) atoms. The molecule has 0 saturated heterocycles. The van der Waals surface area contributed by atoms with Gasteiger partial charge in [0.2, 0.25) is 5.89 Å². The predicted molar refractivity (Wildman–Crippen MR) is 49.5 cm³/mol. The van der Waals surface area contributed by atoms with Gasteiger partial charge >= 0.3 is 0 Å². The Hall–Kier alpha value is -1.97. The van der Waals surface area contributed by atoms with E-state index in [9.17, 15) is 4.79 Å². The van der Waals surface area contributed by atoms with Crippen LogP contribution in [-0.2, 0) is 11.2 Å². The minimum atomic E-state index is 0.262. The van der Waals surface area contributed by atoms with Crippen molar-refractivity contribution in [1.29, 1.82) is 0 Å². The van der Waals surface area contributed by atoms with E-state index in [4.69, 9.17) is 4.42 Å². The normalized spacial score (nSPS) is 10.0. The van der Waals surface area contributed by atoms with Crippen LogP contribution in [-0.4, -0.2) is 16.3 Å². The number of aldehydes is 1. The molecule has 2 heterocycles. The van der Waals surface area contributed by atoms with E-state index in [1.54, 1.807) is 30.7 Å². The van der Waals surface area contributed by atoms with Gasteiger partial charge in [0.15, 0.2) is 0 Å². The third-order valence-electron chi connectivity index (χ3n) is 1.77. The van der Waals surface area contributed by atoms with E-state index in [0.29, 0.717) is 11.7 Å². The molecule has 2 aromatic rings. The lowest BCUT2D eigenvalue weighted by molar-refractivity contribution is -0.107. The Bertz CT molecular complexity index is 423. The minimum Gasteiger partial charge on any atom is -0.441 e. The van der Waals surface area contributed by atoms with Crippen molar-refractivity contribution < 1.29 is 9.21 Å². The summed E-state index contributed by atoms with van der Waals surface area (Å²) < 4.78 is 5.34. The van der Waals surface area contributed by atoms with Crippen molar-refractivity contribution in [2.24, 2.45) is 0 Å². The molecule has 70 valence electrons. The van der Waals surface area contributed by atoms with E-state index in [1.807, 2.05) is 0 Å². The third-order valence-corrected chi connectivity index (χ3v) is 1.77. The first-order valence-electron chi connectivity index (χ1n) is 4.19. The van der Waals surface area contributed by atoms with Gasteiger partial charge in [-0.1, -0.05) is 0 Å². The monoisotopic (exact) mass is 188 g/mol. The minimum absolute atomic E-state index is 0.262. The van der Waals surface area contributed by atoms with Gasteiger partial charge in [0, 0.05) is 18.0 Å². The molecule has 4 heteroatoms. The number of hydrogen-bond donors (Lipinski definition) is 0. The number of nitrogens with zero attached hydrogens (tertiary/aromatic N) is 2. The highest BCUT2D eigenvalue weighted by Crippen LogP contribution is 2.17. The Balaban J connectivity index is 2.29. The second-order valence-corrected chi connectivity index (χ2v) is 2.74. The van der Waals surface area contributed by atoms with E-state index in [2.05, 4.69) is 9.97 Å². The van der Waals surface area contributed by atoms with Crippen molar-refractivity contribution in [3.05, 3.63) is 36.5 Å². The summed E-state index contributed by atoms with van der Waals surface area (Å²) in [6.07, 6.45) is 5.94. The zero-order valence-electron chi connectivity index (χ0n) is 7.38. The van der Waals surface area contributed by atoms with Crippen molar-refractivity contribution in [2.75, 3.05) is 0 Å².